The molecule has 2 heterocycles. The Morgan fingerprint density at radius 1 is 1.03 bits per heavy atom. The molecule has 0 aromatic heterocycles. The van der Waals surface area contributed by atoms with Crippen molar-refractivity contribution in [2.75, 3.05) is 24.5 Å². The van der Waals surface area contributed by atoms with Crippen LogP contribution in [0.15, 0.2) is 53.4 Å². The molecule has 30 heavy (non-hydrogen) atoms. The molecule has 2 aromatic rings. The number of amides is 1. The third-order valence-electron chi connectivity index (χ3n) is 5.79. The van der Waals surface area contributed by atoms with E-state index in [-0.39, 0.29) is 23.9 Å². The van der Waals surface area contributed by atoms with E-state index in [9.17, 15) is 23.3 Å². The Labute approximate surface area is 175 Å². The Balaban J connectivity index is 1.59. The van der Waals surface area contributed by atoms with Gasteiger partial charge in [-0.05, 0) is 43.4 Å². The third-order valence-corrected chi connectivity index (χ3v) is 7.70. The molecule has 0 spiro atoms. The Morgan fingerprint density at radius 3 is 2.57 bits per heavy atom. The quantitative estimate of drug-likeness (QED) is 0.549. The molecule has 1 amide bonds. The molecule has 0 N–H and O–H groups in total. The zero-order valence-electron chi connectivity index (χ0n) is 16.4. The van der Waals surface area contributed by atoms with E-state index in [0.29, 0.717) is 19.4 Å². The number of anilines is 1. The van der Waals surface area contributed by atoms with E-state index in [4.69, 9.17) is 0 Å². The van der Waals surface area contributed by atoms with Crippen LogP contribution in [-0.4, -0.2) is 43.2 Å². The molecule has 8 nitrogen and oxygen atoms in total. The van der Waals surface area contributed by atoms with E-state index in [2.05, 4.69) is 0 Å². The van der Waals surface area contributed by atoms with Crippen LogP contribution in [0, 0.1) is 16.0 Å². The van der Waals surface area contributed by atoms with Crippen LogP contribution in [0.1, 0.15) is 24.8 Å². The molecule has 0 radical (unpaired) electrons. The second-order valence-corrected chi connectivity index (χ2v) is 9.56. The Kier molecular flexibility index (Phi) is 5.57. The number of piperidine rings is 1. The first-order chi connectivity index (χ1) is 14.4. The van der Waals surface area contributed by atoms with Gasteiger partial charge in [0.05, 0.1) is 10.8 Å². The number of fused-ring (bicyclic) bond motifs is 1. The second kappa shape index (κ2) is 8.16. The molecule has 1 saturated heterocycles. The van der Waals surface area contributed by atoms with E-state index in [1.54, 1.807) is 4.90 Å². The molecule has 1 atom stereocenters. The van der Waals surface area contributed by atoms with Crippen LogP contribution in [0.4, 0.5) is 11.4 Å². The highest BCUT2D eigenvalue weighted by atomic mass is 32.2. The maximum absolute atomic E-state index is 13.3. The van der Waals surface area contributed by atoms with E-state index >= 15 is 0 Å². The van der Waals surface area contributed by atoms with Crippen molar-refractivity contribution in [1.29, 1.82) is 0 Å². The van der Waals surface area contributed by atoms with Crippen LogP contribution >= 0.6 is 0 Å². The number of hydrogen-bond acceptors (Lipinski definition) is 5. The van der Waals surface area contributed by atoms with Crippen LogP contribution < -0.4 is 4.90 Å². The largest absolute Gasteiger partial charge is 0.312 e. The van der Waals surface area contributed by atoms with Gasteiger partial charge < -0.3 is 4.90 Å². The van der Waals surface area contributed by atoms with Gasteiger partial charge in [-0.3, -0.25) is 14.9 Å². The van der Waals surface area contributed by atoms with Gasteiger partial charge in [-0.25, -0.2) is 8.42 Å². The number of hydrogen-bond donors (Lipinski definition) is 0. The monoisotopic (exact) mass is 429 g/mol. The van der Waals surface area contributed by atoms with E-state index < -0.39 is 26.6 Å². The van der Waals surface area contributed by atoms with Crippen molar-refractivity contribution in [2.45, 2.75) is 30.6 Å². The lowest BCUT2D eigenvalue weighted by Crippen LogP contribution is -2.48. The fourth-order valence-electron chi connectivity index (χ4n) is 4.31. The maximum atomic E-state index is 13.3. The highest BCUT2D eigenvalue weighted by Gasteiger charge is 2.38. The highest BCUT2D eigenvalue weighted by Crippen LogP contribution is 2.32. The molecule has 158 valence electrons. The van der Waals surface area contributed by atoms with Crippen LogP contribution in [-0.2, 0) is 21.2 Å². The number of nitro groups is 1. The van der Waals surface area contributed by atoms with Crippen molar-refractivity contribution in [3.8, 4) is 0 Å². The number of rotatable bonds is 4. The summed E-state index contributed by atoms with van der Waals surface area (Å²) in [6.45, 7) is 0.893. The zero-order chi connectivity index (χ0) is 21.3. The lowest BCUT2D eigenvalue weighted by Gasteiger charge is -2.36. The summed E-state index contributed by atoms with van der Waals surface area (Å²) in [5, 5.41) is 11.3. The molecule has 1 unspecified atom stereocenters. The standard InChI is InChI=1S/C21H23N3O5S/c25-21(23-14-6-8-16-7-1-2-10-18(16)23)17-9-5-13-22(15-17)30(28,29)20-12-4-3-11-19(20)24(26)27/h1-4,7,10-12,17H,5-6,8-9,13-15H2. The summed E-state index contributed by atoms with van der Waals surface area (Å²) in [6, 6.07) is 13.1. The van der Waals surface area contributed by atoms with Crippen LogP contribution in [0.5, 0.6) is 0 Å². The number of benzene rings is 2. The normalized spacial score (nSPS) is 19.9. The average Bonchev–Trinajstić information content (AvgIpc) is 2.78. The third kappa shape index (κ3) is 3.70. The fraction of sp³-hybridized carbons (Fsp3) is 0.381. The number of nitrogens with zero attached hydrogens (tertiary/aromatic N) is 3. The summed E-state index contributed by atoms with van der Waals surface area (Å²) >= 11 is 0. The Morgan fingerprint density at radius 2 is 1.77 bits per heavy atom. The van der Waals surface area contributed by atoms with Crippen molar-refractivity contribution < 1.29 is 18.1 Å². The minimum absolute atomic E-state index is 0.0336. The van der Waals surface area contributed by atoms with Crippen LogP contribution in [0.2, 0.25) is 0 Å². The van der Waals surface area contributed by atoms with Gasteiger partial charge in [0.1, 0.15) is 0 Å². The van der Waals surface area contributed by atoms with Gasteiger partial charge in [0, 0.05) is 31.4 Å². The molecule has 1 fully saturated rings. The first-order valence-electron chi connectivity index (χ1n) is 10.0. The van der Waals surface area contributed by atoms with Crippen molar-refractivity contribution in [3.05, 3.63) is 64.2 Å². The van der Waals surface area contributed by atoms with Gasteiger partial charge in [-0.1, -0.05) is 30.3 Å². The molecule has 2 aliphatic rings. The molecule has 9 heteroatoms. The molecule has 0 bridgehead atoms. The number of nitro benzene ring substituents is 1. The van der Waals surface area contributed by atoms with E-state index in [0.717, 1.165) is 24.1 Å². The molecular weight excluding hydrogens is 406 g/mol. The lowest BCUT2D eigenvalue weighted by molar-refractivity contribution is -0.387. The van der Waals surface area contributed by atoms with Gasteiger partial charge in [0.25, 0.3) is 5.69 Å². The van der Waals surface area contributed by atoms with Gasteiger partial charge in [-0.15, -0.1) is 0 Å². The number of carbonyl (C=O) groups excluding carboxylic acids is 1. The Hall–Kier alpha value is -2.78. The van der Waals surface area contributed by atoms with E-state index in [1.165, 1.54) is 28.6 Å². The van der Waals surface area contributed by atoms with Crippen molar-refractivity contribution in [2.24, 2.45) is 5.92 Å². The molecule has 0 aliphatic carbocycles. The predicted octanol–water partition coefficient (Wildman–Crippen LogP) is 2.97. The summed E-state index contributed by atoms with van der Waals surface area (Å²) in [4.78, 5) is 25.4. The smallest absolute Gasteiger partial charge is 0.289 e. The zero-order valence-corrected chi connectivity index (χ0v) is 17.3. The Bertz CT molecular complexity index is 1090. The topological polar surface area (TPSA) is 101 Å². The summed E-state index contributed by atoms with van der Waals surface area (Å²) < 4.78 is 27.5. The highest BCUT2D eigenvalue weighted by molar-refractivity contribution is 7.89. The SMILES string of the molecule is O=C(C1CCCN(S(=O)(=O)c2ccccc2[N+](=O)[O-])C1)N1CCCc2ccccc21. The molecular formula is C21H23N3O5S. The minimum Gasteiger partial charge on any atom is -0.312 e. The summed E-state index contributed by atoms with van der Waals surface area (Å²) in [6.07, 6.45) is 2.92. The fourth-order valence-corrected chi connectivity index (χ4v) is 5.99. The van der Waals surface area contributed by atoms with Crippen LogP contribution in [0.3, 0.4) is 0 Å². The molecule has 2 aliphatic heterocycles. The van der Waals surface area contributed by atoms with Crippen molar-refractivity contribution in [1.82, 2.24) is 4.31 Å². The summed E-state index contributed by atoms with van der Waals surface area (Å²) in [5.74, 6) is -0.549. The van der Waals surface area contributed by atoms with Gasteiger partial charge in [-0.2, -0.15) is 4.31 Å². The molecule has 4 rings (SSSR count). The van der Waals surface area contributed by atoms with Crippen molar-refractivity contribution in [3.63, 3.8) is 0 Å². The summed E-state index contributed by atoms with van der Waals surface area (Å²) in [5.41, 5.74) is 1.57. The number of aryl methyl sites for hydroxylation is 1. The number of para-hydroxylation sites is 2. The molecule has 2 aromatic carbocycles. The maximum Gasteiger partial charge on any atom is 0.289 e. The van der Waals surface area contributed by atoms with E-state index in [1.807, 2.05) is 24.3 Å². The number of sulfonamides is 1. The predicted molar refractivity (Wildman–Crippen MR) is 112 cm³/mol. The van der Waals surface area contributed by atoms with Gasteiger partial charge in [0.2, 0.25) is 15.9 Å². The van der Waals surface area contributed by atoms with Gasteiger partial charge >= 0.3 is 0 Å². The first kappa shape index (κ1) is 20.5. The molecule has 0 saturated carbocycles. The average molecular weight is 429 g/mol. The minimum atomic E-state index is -4.07. The number of carbonyl (C=O) groups is 1. The first-order valence-corrected chi connectivity index (χ1v) is 11.5. The second-order valence-electron chi connectivity index (χ2n) is 7.65. The lowest BCUT2D eigenvalue weighted by atomic mass is 9.95. The van der Waals surface area contributed by atoms with Crippen LogP contribution in [0.25, 0.3) is 0 Å². The summed E-state index contributed by atoms with van der Waals surface area (Å²) in [7, 11) is -4.07. The van der Waals surface area contributed by atoms with Crippen molar-refractivity contribution >= 4 is 27.3 Å². The van der Waals surface area contributed by atoms with Gasteiger partial charge in [0.15, 0.2) is 4.90 Å².